The minimum Gasteiger partial charge on any atom is -0.381 e. The van der Waals surface area contributed by atoms with Crippen molar-refractivity contribution in [3.63, 3.8) is 0 Å². The van der Waals surface area contributed by atoms with E-state index in [1.54, 1.807) is 0 Å². The number of nitrogens with one attached hydrogen (secondary N) is 1. The Morgan fingerprint density at radius 2 is 2.44 bits per heavy atom. The third-order valence-electron chi connectivity index (χ3n) is 2.85. The lowest BCUT2D eigenvalue weighted by molar-refractivity contribution is -0.384. The summed E-state index contributed by atoms with van der Waals surface area (Å²) in [5, 5.41) is 14.1. The Hall–Kier alpha value is -1.40. The van der Waals surface area contributed by atoms with Gasteiger partial charge in [-0.2, -0.15) is 0 Å². The minimum atomic E-state index is -0.469. The van der Waals surface area contributed by atoms with Gasteiger partial charge in [0, 0.05) is 19.2 Å². The molecule has 1 aliphatic rings. The van der Waals surface area contributed by atoms with Gasteiger partial charge >= 0.3 is 5.69 Å². The van der Waals surface area contributed by atoms with Crippen molar-refractivity contribution in [1.29, 1.82) is 0 Å². The molecule has 0 aliphatic carbocycles. The van der Waals surface area contributed by atoms with Crippen molar-refractivity contribution in [2.24, 2.45) is 5.92 Å². The van der Waals surface area contributed by atoms with Crippen LogP contribution in [0.5, 0.6) is 0 Å². The lowest BCUT2D eigenvalue weighted by Gasteiger charge is -2.22. The van der Waals surface area contributed by atoms with Crippen LogP contribution in [0, 0.1) is 16.0 Å². The van der Waals surface area contributed by atoms with Crippen LogP contribution in [0.4, 0.5) is 11.5 Å². The van der Waals surface area contributed by atoms with Gasteiger partial charge in [-0.25, -0.2) is 4.98 Å². The maximum Gasteiger partial charge on any atom is 0.311 e. The number of anilines is 1. The largest absolute Gasteiger partial charge is 0.381 e. The Kier molecular flexibility index (Phi) is 4.33. The Balaban J connectivity index is 2.03. The predicted molar refractivity (Wildman–Crippen MR) is 67.9 cm³/mol. The number of halogens is 1. The van der Waals surface area contributed by atoms with Gasteiger partial charge in [-0.3, -0.25) is 10.1 Å². The monoisotopic (exact) mass is 271 g/mol. The fourth-order valence-electron chi connectivity index (χ4n) is 1.91. The van der Waals surface area contributed by atoms with Crippen molar-refractivity contribution in [3.8, 4) is 0 Å². The third-order valence-corrected chi connectivity index (χ3v) is 3.06. The van der Waals surface area contributed by atoms with E-state index >= 15 is 0 Å². The molecule has 0 bridgehead atoms. The van der Waals surface area contributed by atoms with Gasteiger partial charge in [0.1, 0.15) is 5.15 Å². The standard InChI is InChI=1S/C11H14ClN3O3/c12-10-4-3-9(15(16)17)11(14-10)13-6-8-2-1-5-18-7-8/h3-4,8H,1-2,5-7H2,(H,13,14). The highest BCUT2D eigenvalue weighted by atomic mass is 35.5. The molecule has 1 aromatic rings. The molecule has 18 heavy (non-hydrogen) atoms. The van der Waals surface area contributed by atoms with Gasteiger partial charge < -0.3 is 10.1 Å². The summed E-state index contributed by atoms with van der Waals surface area (Å²) >= 11 is 5.74. The first-order valence-electron chi connectivity index (χ1n) is 5.79. The third kappa shape index (κ3) is 3.30. The molecule has 0 saturated carbocycles. The minimum absolute atomic E-state index is 0.0591. The summed E-state index contributed by atoms with van der Waals surface area (Å²) in [5.74, 6) is 0.581. The summed E-state index contributed by atoms with van der Waals surface area (Å²) in [6.45, 7) is 2.08. The van der Waals surface area contributed by atoms with Crippen molar-refractivity contribution in [3.05, 3.63) is 27.4 Å². The smallest absolute Gasteiger partial charge is 0.311 e. The van der Waals surface area contributed by atoms with Crippen molar-refractivity contribution in [2.75, 3.05) is 25.1 Å². The van der Waals surface area contributed by atoms with E-state index in [4.69, 9.17) is 16.3 Å². The Morgan fingerprint density at radius 1 is 1.61 bits per heavy atom. The predicted octanol–water partition coefficient (Wildman–Crippen LogP) is 2.48. The highest BCUT2D eigenvalue weighted by Crippen LogP contribution is 2.24. The topological polar surface area (TPSA) is 77.3 Å². The van der Waals surface area contributed by atoms with Crippen molar-refractivity contribution >= 4 is 23.1 Å². The summed E-state index contributed by atoms with van der Waals surface area (Å²) < 4.78 is 5.35. The molecule has 0 spiro atoms. The quantitative estimate of drug-likeness (QED) is 0.517. The zero-order valence-electron chi connectivity index (χ0n) is 9.76. The number of nitrogens with zero attached hydrogens (tertiary/aromatic N) is 2. The fraction of sp³-hybridized carbons (Fsp3) is 0.545. The fourth-order valence-corrected chi connectivity index (χ4v) is 2.06. The van der Waals surface area contributed by atoms with Gasteiger partial charge in [-0.05, 0) is 24.8 Å². The Morgan fingerprint density at radius 3 is 3.11 bits per heavy atom. The lowest BCUT2D eigenvalue weighted by Crippen LogP contribution is -2.24. The van der Waals surface area contributed by atoms with E-state index in [1.807, 2.05) is 0 Å². The molecular weight excluding hydrogens is 258 g/mol. The van der Waals surface area contributed by atoms with E-state index in [1.165, 1.54) is 12.1 Å². The first-order chi connectivity index (χ1) is 8.66. The number of hydrogen-bond donors (Lipinski definition) is 1. The molecule has 98 valence electrons. The highest BCUT2D eigenvalue weighted by Gasteiger charge is 2.18. The molecule has 7 heteroatoms. The lowest BCUT2D eigenvalue weighted by atomic mass is 10.0. The SMILES string of the molecule is O=[N+]([O-])c1ccc(Cl)nc1NCC1CCCOC1. The highest BCUT2D eigenvalue weighted by molar-refractivity contribution is 6.29. The number of pyridine rings is 1. The van der Waals surface area contributed by atoms with Gasteiger partial charge in [0.2, 0.25) is 5.82 Å². The summed E-state index contributed by atoms with van der Waals surface area (Å²) in [4.78, 5) is 14.3. The van der Waals surface area contributed by atoms with Crippen LogP contribution < -0.4 is 5.32 Å². The average Bonchev–Trinajstić information content (AvgIpc) is 2.37. The summed E-state index contributed by atoms with van der Waals surface area (Å²) in [6, 6.07) is 2.77. The second-order valence-corrected chi connectivity index (χ2v) is 4.61. The van der Waals surface area contributed by atoms with Gasteiger partial charge in [0.15, 0.2) is 0 Å². The molecular formula is C11H14ClN3O3. The van der Waals surface area contributed by atoms with Crippen LogP contribution >= 0.6 is 11.6 Å². The number of aromatic nitrogens is 1. The van der Waals surface area contributed by atoms with Crippen LogP contribution in [0.1, 0.15) is 12.8 Å². The van der Waals surface area contributed by atoms with Crippen molar-refractivity contribution < 1.29 is 9.66 Å². The van der Waals surface area contributed by atoms with Crippen LogP contribution in [0.15, 0.2) is 12.1 Å². The zero-order valence-corrected chi connectivity index (χ0v) is 10.5. The van der Waals surface area contributed by atoms with E-state index in [-0.39, 0.29) is 16.7 Å². The van der Waals surface area contributed by atoms with Gasteiger partial charge in [0.05, 0.1) is 11.5 Å². The number of rotatable bonds is 4. The number of ether oxygens (including phenoxy) is 1. The summed E-state index contributed by atoms with van der Waals surface area (Å²) in [6.07, 6.45) is 2.08. The molecule has 0 amide bonds. The summed E-state index contributed by atoms with van der Waals surface area (Å²) in [5.41, 5.74) is -0.0591. The normalized spacial score (nSPS) is 19.5. The first-order valence-corrected chi connectivity index (χ1v) is 6.17. The van der Waals surface area contributed by atoms with Gasteiger partial charge in [-0.1, -0.05) is 11.6 Å². The van der Waals surface area contributed by atoms with Crippen LogP contribution in [0.25, 0.3) is 0 Å². The molecule has 0 radical (unpaired) electrons. The van der Waals surface area contributed by atoms with Crippen LogP contribution in [-0.4, -0.2) is 29.7 Å². The molecule has 2 rings (SSSR count). The Labute approximate surface area is 109 Å². The van der Waals surface area contributed by atoms with Crippen LogP contribution in [0.2, 0.25) is 5.15 Å². The van der Waals surface area contributed by atoms with E-state index in [2.05, 4.69) is 10.3 Å². The molecule has 2 heterocycles. The second-order valence-electron chi connectivity index (χ2n) is 4.22. The molecule has 6 nitrogen and oxygen atoms in total. The van der Waals surface area contributed by atoms with Gasteiger partial charge in [-0.15, -0.1) is 0 Å². The molecule has 1 fully saturated rings. The molecule has 1 aromatic heterocycles. The molecule has 1 aliphatic heterocycles. The molecule has 0 aromatic carbocycles. The first kappa shape index (κ1) is 13.0. The van der Waals surface area contributed by atoms with E-state index in [0.29, 0.717) is 19.1 Å². The van der Waals surface area contributed by atoms with E-state index < -0.39 is 4.92 Å². The van der Waals surface area contributed by atoms with Crippen LogP contribution in [0.3, 0.4) is 0 Å². The van der Waals surface area contributed by atoms with Crippen LogP contribution in [-0.2, 0) is 4.74 Å². The molecule has 1 atom stereocenters. The number of nitro groups is 1. The van der Waals surface area contributed by atoms with Gasteiger partial charge in [0.25, 0.3) is 0 Å². The van der Waals surface area contributed by atoms with E-state index in [9.17, 15) is 10.1 Å². The zero-order chi connectivity index (χ0) is 13.0. The molecule has 1 unspecified atom stereocenters. The second kappa shape index (κ2) is 5.97. The summed E-state index contributed by atoms with van der Waals surface area (Å²) in [7, 11) is 0. The van der Waals surface area contributed by atoms with Crippen molar-refractivity contribution in [1.82, 2.24) is 4.98 Å². The molecule has 1 saturated heterocycles. The molecule has 1 N–H and O–H groups in total. The number of hydrogen-bond acceptors (Lipinski definition) is 5. The average molecular weight is 272 g/mol. The van der Waals surface area contributed by atoms with E-state index in [0.717, 1.165) is 19.4 Å². The maximum atomic E-state index is 10.8. The maximum absolute atomic E-state index is 10.8. The van der Waals surface area contributed by atoms with Crippen molar-refractivity contribution in [2.45, 2.75) is 12.8 Å². The Bertz CT molecular complexity index is 436.